The van der Waals surface area contributed by atoms with Crippen LogP contribution in [0.5, 0.6) is 0 Å². The zero-order chi connectivity index (χ0) is 29.6. The highest BCUT2D eigenvalue weighted by molar-refractivity contribution is 9.10. The average Bonchev–Trinajstić information content (AvgIpc) is 3.45. The van der Waals surface area contributed by atoms with Crippen LogP contribution < -0.4 is 9.62 Å². The van der Waals surface area contributed by atoms with E-state index in [0.29, 0.717) is 16.6 Å². The molecule has 0 heterocycles. The van der Waals surface area contributed by atoms with Gasteiger partial charge in [-0.2, -0.15) is 0 Å². The van der Waals surface area contributed by atoms with E-state index in [0.717, 1.165) is 46.7 Å². The summed E-state index contributed by atoms with van der Waals surface area (Å²) < 4.78 is 29.8. The molecule has 3 aromatic carbocycles. The molecule has 1 N–H and O–H groups in total. The highest BCUT2D eigenvalue weighted by Gasteiger charge is 2.34. The number of anilines is 1. The predicted octanol–water partition coefficient (Wildman–Crippen LogP) is 6.13. The second-order valence-corrected chi connectivity index (χ2v) is 13.4. The number of nitrogens with one attached hydrogen (secondary N) is 1. The number of amides is 2. The van der Waals surface area contributed by atoms with Crippen molar-refractivity contribution in [3.63, 3.8) is 0 Å². The fourth-order valence-electron chi connectivity index (χ4n) is 5.26. The number of benzene rings is 3. The summed E-state index contributed by atoms with van der Waals surface area (Å²) in [6.45, 7) is 5.47. The second kappa shape index (κ2) is 13.7. The number of carbonyl (C=O) groups excluding carboxylic acids is 2. The Morgan fingerprint density at radius 3 is 2.29 bits per heavy atom. The van der Waals surface area contributed by atoms with Crippen LogP contribution in [0.2, 0.25) is 0 Å². The third-order valence-corrected chi connectivity index (χ3v) is 9.95. The van der Waals surface area contributed by atoms with Gasteiger partial charge in [-0.25, -0.2) is 8.42 Å². The van der Waals surface area contributed by atoms with Gasteiger partial charge in [0.15, 0.2) is 0 Å². The van der Waals surface area contributed by atoms with E-state index in [1.54, 1.807) is 53.4 Å². The predicted molar refractivity (Wildman–Crippen MR) is 166 cm³/mol. The fourth-order valence-corrected chi connectivity index (χ4v) is 7.05. The lowest BCUT2D eigenvalue weighted by Crippen LogP contribution is -2.53. The minimum Gasteiger partial charge on any atom is -0.352 e. The Hall–Kier alpha value is -3.17. The van der Waals surface area contributed by atoms with Crippen molar-refractivity contribution in [2.75, 3.05) is 10.8 Å². The van der Waals surface area contributed by atoms with Gasteiger partial charge in [-0.3, -0.25) is 13.9 Å². The first-order chi connectivity index (χ1) is 19.6. The first-order valence-electron chi connectivity index (χ1n) is 14.1. The largest absolute Gasteiger partial charge is 0.352 e. The maximum absolute atomic E-state index is 14.2. The van der Waals surface area contributed by atoms with Crippen LogP contribution in [-0.4, -0.2) is 43.8 Å². The van der Waals surface area contributed by atoms with Crippen LogP contribution in [0.4, 0.5) is 5.69 Å². The summed E-state index contributed by atoms with van der Waals surface area (Å²) >= 11 is 3.44. The zero-order valence-electron chi connectivity index (χ0n) is 23.8. The Balaban J connectivity index is 1.72. The molecule has 1 fully saturated rings. The SMILES string of the molecule is CC[C@H](C(=O)NC1CCCC1)N(Cc1ccccc1C)C(=O)CN(c1cccc(Br)c1)S(=O)(=O)c1ccc(C)cc1. The van der Waals surface area contributed by atoms with Crippen molar-refractivity contribution < 1.29 is 18.0 Å². The van der Waals surface area contributed by atoms with Crippen LogP contribution >= 0.6 is 15.9 Å². The number of aryl methyl sites for hydroxylation is 2. The molecule has 1 aliphatic rings. The van der Waals surface area contributed by atoms with E-state index < -0.39 is 28.5 Å². The van der Waals surface area contributed by atoms with Crippen molar-refractivity contribution >= 4 is 43.5 Å². The highest BCUT2D eigenvalue weighted by atomic mass is 79.9. The summed E-state index contributed by atoms with van der Waals surface area (Å²) in [6.07, 6.45) is 4.41. The van der Waals surface area contributed by atoms with E-state index in [-0.39, 0.29) is 23.4 Å². The lowest BCUT2D eigenvalue weighted by atomic mass is 10.1. The first kappa shape index (κ1) is 30.8. The van der Waals surface area contributed by atoms with Gasteiger partial charge in [-0.1, -0.05) is 83.7 Å². The molecule has 3 aromatic rings. The van der Waals surface area contributed by atoms with Crippen molar-refractivity contribution in [1.82, 2.24) is 10.2 Å². The van der Waals surface area contributed by atoms with Gasteiger partial charge >= 0.3 is 0 Å². The van der Waals surface area contributed by atoms with E-state index in [2.05, 4.69) is 21.2 Å². The zero-order valence-corrected chi connectivity index (χ0v) is 26.2. The molecule has 0 saturated heterocycles. The van der Waals surface area contributed by atoms with E-state index in [4.69, 9.17) is 0 Å². The Kier molecular flexibility index (Phi) is 10.3. The minimum absolute atomic E-state index is 0.0901. The molecule has 0 bridgehead atoms. The van der Waals surface area contributed by atoms with Gasteiger partial charge in [-0.15, -0.1) is 0 Å². The van der Waals surface area contributed by atoms with Crippen molar-refractivity contribution in [3.8, 4) is 0 Å². The number of halogens is 1. The molecule has 1 saturated carbocycles. The molecule has 0 unspecified atom stereocenters. The van der Waals surface area contributed by atoms with Gasteiger partial charge in [-0.05, 0) is 74.6 Å². The van der Waals surface area contributed by atoms with Crippen LogP contribution in [0.1, 0.15) is 55.7 Å². The van der Waals surface area contributed by atoms with Crippen molar-refractivity contribution in [2.45, 2.75) is 76.4 Å². The molecule has 0 radical (unpaired) electrons. The topological polar surface area (TPSA) is 86.8 Å². The van der Waals surface area contributed by atoms with Crippen molar-refractivity contribution in [2.24, 2.45) is 0 Å². The van der Waals surface area contributed by atoms with Crippen LogP contribution in [0, 0.1) is 13.8 Å². The summed E-state index contributed by atoms with van der Waals surface area (Å²) in [5.41, 5.74) is 3.18. The number of nitrogens with zero attached hydrogens (tertiary/aromatic N) is 2. The molecule has 1 atom stereocenters. The summed E-state index contributed by atoms with van der Waals surface area (Å²) in [4.78, 5) is 29.4. The van der Waals surface area contributed by atoms with Crippen molar-refractivity contribution in [1.29, 1.82) is 0 Å². The Morgan fingerprint density at radius 2 is 1.66 bits per heavy atom. The lowest BCUT2D eigenvalue weighted by molar-refractivity contribution is -0.140. The van der Waals surface area contributed by atoms with Gasteiger partial charge in [0.2, 0.25) is 11.8 Å². The highest BCUT2D eigenvalue weighted by Crippen LogP contribution is 2.28. The van der Waals surface area contributed by atoms with Gasteiger partial charge in [0.05, 0.1) is 10.6 Å². The van der Waals surface area contributed by atoms with E-state index in [1.807, 2.05) is 45.0 Å². The second-order valence-electron chi connectivity index (χ2n) is 10.7. The van der Waals surface area contributed by atoms with E-state index in [9.17, 15) is 18.0 Å². The van der Waals surface area contributed by atoms with Crippen LogP contribution in [0.15, 0.2) is 82.2 Å². The van der Waals surface area contributed by atoms with E-state index in [1.165, 1.54) is 0 Å². The smallest absolute Gasteiger partial charge is 0.264 e. The van der Waals surface area contributed by atoms with Crippen molar-refractivity contribution in [3.05, 3.63) is 94.0 Å². The molecule has 0 aromatic heterocycles. The molecular weight excluding hydrogens is 602 g/mol. The fraction of sp³-hybridized carbons (Fsp3) is 0.375. The molecule has 2 amide bonds. The van der Waals surface area contributed by atoms with Crippen LogP contribution in [0.3, 0.4) is 0 Å². The number of hydrogen-bond acceptors (Lipinski definition) is 4. The molecule has 41 heavy (non-hydrogen) atoms. The van der Waals surface area contributed by atoms with Gasteiger partial charge in [0, 0.05) is 17.1 Å². The molecule has 218 valence electrons. The molecule has 7 nitrogen and oxygen atoms in total. The van der Waals surface area contributed by atoms with Gasteiger partial charge < -0.3 is 10.2 Å². The van der Waals surface area contributed by atoms with Gasteiger partial charge in [0.25, 0.3) is 10.0 Å². The third kappa shape index (κ3) is 7.57. The normalized spacial score (nSPS) is 14.4. The maximum Gasteiger partial charge on any atom is 0.264 e. The summed E-state index contributed by atoms with van der Waals surface area (Å²) in [6, 6.07) is 20.5. The Bertz CT molecular complexity index is 1470. The monoisotopic (exact) mass is 639 g/mol. The van der Waals surface area contributed by atoms with Crippen LogP contribution in [0.25, 0.3) is 0 Å². The molecule has 4 rings (SSSR count). The molecule has 0 aliphatic heterocycles. The standard InChI is InChI=1S/C32H38BrN3O4S/c1-4-30(32(38)34-27-13-7-8-14-27)35(21-25-11-6-5-10-24(25)3)31(37)22-36(28-15-9-12-26(33)20-28)41(39,40)29-18-16-23(2)17-19-29/h5-6,9-12,15-20,27,30H,4,7-8,13-14,21-22H2,1-3H3,(H,34,38)/t30-/m1/s1. The molecule has 0 spiro atoms. The van der Waals surface area contributed by atoms with Crippen LogP contribution in [-0.2, 0) is 26.2 Å². The maximum atomic E-state index is 14.2. The number of sulfonamides is 1. The number of rotatable bonds is 11. The number of carbonyl (C=O) groups is 2. The number of hydrogen-bond donors (Lipinski definition) is 1. The molecule has 9 heteroatoms. The Morgan fingerprint density at radius 1 is 0.976 bits per heavy atom. The third-order valence-electron chi connectivity index (χ3n) is 7.67. The summed E-state index contributed by atoms with van der Waals surface area (Å²) in [5.74, 6) is -0.644. The average molecular weight is 641 g/mol. The quantitative estimate of drug-likeness (QED) is 0.274. The summed E-state index contributed by atoms with van der Waals surface area (Å²) in [5, 5.41) is 3.15. The Labute approximate surface area is 252 Å². The summed E-state index contributed by atoms with van der Waals surface area (Å²) in [7, 11) is -4.10. The first-order valence-corrected chi connectivity index (χ1v) is 16.3. The lowest BCUT2D eigenvalue weighted by Gasteiger charge is -2.34. The van der Waals surface area contributed by atoms with Gasteiger partial charge in [0.1, 0.15) is 12.6 Å². The van der Waals surface area contributed by atoms with E-state index >= 15 is 0 Å². The molecular formula is C32H38BrN3O4S. The molecule has 1 aliphatic carbocycles. The minimum atomic E-state index is -4.10.